The lowest BCUT2D eigenvalue weighted by molar-refractivity contribution is -0.185. The Balaban J connectivity index is 1.45. The van der Waals surface area contributed by atoms with Crippen LogP contribution in [0, 0.1) is 22.7 Å². The zero-order chi connectivity index (χ0) is 26.6. The molecule has 2 amide bonds. The van der Waals surface area contributed by atoms with Crippen molar-refractivity contribution in [3.05, 3.63) is 46.7 Å². The van der Waals surface area contributed by atoms with E-state index in [1.807, 2.05) is 24.4 Å². The number of fused-ring (bicyclic) bond motifs is 1. The van der Waals surface area contributed by atoms with Gasteiger partial charge in [-0.2, -0.15) is 0 Å². The van der Waals surface area contributed by atoms with E-state index < -0.39 is 23.7 Å². The lowest BCUT2D eigenvalue weighted by Crippen LogP contribution is -2.61. The van der Waals surface area contributed by atoms with Crippen molar-refractivity contribution < 1.29 is 29.3 Å². The number of carbonyl (C=O) groups excluding carboxylic acids is 2. The molecule has 4 rings (SSSR count). The molecule has 8 nitrogen and oxygen atoms in total. The van der Waals surface area contributed by atoms with E-state index in [1.54, 1.807) is 42.7 Å². The first-order valence-corrected chi connectivity index (χ1v) is 13.8. The minimum absolute atomic E-state index is 0.0214. The van der Waals surface area contributed by atoms with Crippen LogP contribution in [0.1, 0.15) is 50.8 Å². The maximum absolute atomic E-state index is 12.9. The molecule has 0 radical (unpaired) electrons. The zero-order valence-corrected chi connectivity index (χ0v) is 22.6. The fraction of sp³-hybridized carbons (Fsp3) is 0.571. The Labute approximate surface area is 222 Å². The summed E-state index contributed by atoms with van der Waals surface area (Å²) in [6.45, 7) is 4.41. The summed E-state index contributed by atoms with van der Waals surface area (Å²) in [5.41, 5.74) is -0.520. The molecule has 2 saturated carbocycles. The van der Waals surface area contributed by atoms with Gasteiger partial charge in [0.2, 0.25) is 5.91 Å². The van der Waals surface area contributed by atoms with Crippen molar-refractivity contribution in [1.82, 2.24) is 5.32 Å². The molecule has 4 N–H and O–H groups in total. The number of aliphatic hydroxyl groups excluding tert-OH is 2. The van der Waals surface area contributed by atoms with Crippen LogP contribution in [0.25, 0.3) is 0 Å². The normalized spacial score (nSPS) is 31.2. The van der Waals surface area contributed by atoms with Crippen LogP contribution in [0.3, 0.4) is 0 Å². The number of nitrogens with one attached hydrogen (secondary N) is 2. The summed E-state index contributed by atoms with van der Waals surface area (Å²) in [4.78, 5) is 26.8. The summed E-state index contributed by atoms with van der Waals surface area (Å²) in [5, 5.41) is 29.3. The van der Waals surface area contributed by atoms with Gasteiger partial charge in [0.15, 0.2) is 0 Å². The summed E-state index contributed by atoms with van der Waals surface area (Å²) in [7, 11) is 1.56. The quantitative estimate of drug-likeness (QED) is 0.397. The van der Waals surface area contributed by atoms with Crippen LogP contribution in [0.4, 0.5) is 10.5 Å². The second-order valence-corrected chi connectivity index (χ2v) is 11.9. The molecule has 6 unspecified atom stereocenters. The average molecular weight is 531 g/mol. The summed E-state index contributed by atoms with van der Waals surface area (Å²) in [5.74, 6) is 0.276. The van der Waals surface area contributed by atoms with Gasteiger partial charge >= 0.3 is 6.09 Å². The Morgan fingerprint density at radius 2 is 1.97 bits per heavy atom. The van der Waals surface area contributed by atoms with Gasteiger partial charge in [-0.05, 0) is 66.5 Å². The van der Waals surface area contributed by atoms with E-state index >= 15 is 0 Å². The highest BCUT2D eigenvalue weighted by molar-refractivity contribution is 7.09. The standard InChI is InChI=1S/C28H38N2O6S/c1-27-12-11-24(36-26(34)30-18-6-4-7-19(14-18)35-3)28(2,17-31)23(27)10-9-22(32)21(27)15-25(33)29-16-20-8-5-13-37-20/h4-8,13-14,21-24,31-32H,9-12,15-17H2,1-3H3,(H,29,33)(H,30,34). The molecule has 6 atom stereocenters. The Hall–Kier alpha value is -2.62. The van der Waals surface area contributed by atoms with Crippen LogP contribution < -0.4 is 15.4 Å². The molecule has 0 bridgehead atoms. The van der Waals surface area contributed by atoms with Crippen LogP contribution >= 0.6 is 11.3 Å². The molecule has 202 valence electrons. The molecule has 0 saturated heterocycles. The molecule has 2 aliphatic carbocycles. The summed E-state index contributed by atoms with van der Waals surface area (Å²) < 4.78 is 11.1. The van der Waals surface area contributed by atoms with Crippen LogP contribution in [0.5, 0.6) is 5.75 Å². The number of ether oxygens (including phenoxy) is 2. The lowest BCUT2D eigenvalue weighted by Gasteiger charge is -2.60. The number of anilines is 1. The van der Waals surface area contributed by atoms with Gasteiger partial charge in [0.25, 0.3) is 0 Å². The third kappa shape index (κ3) is 5.78. The first kappa shape index (κ1) is 27.4. The number of hydrogen-bond donors (Lipinski definition) is 4. The van der Waals surface area contributed by atoms with Crippen molar-refractivity contribution in [2.75, 3.05) is 19.0 Å². The SMILES string of the molecule is COc1cccc(NC(=O)OC2CCC3(C)C(CC(=O)NCc4cccs4)C(O)CCC3C2(C)CO)c1. The fourth-order valence-corrected chi connectivity index (χ4v) is 7.27. The monoisotopic (exact) mass is 530 g/mol. The van der Waals surface area contributed by atoms with E-state index in [0.29, 0.717) is 43.7 Å². The van der Waals surface area contributed by atoms with Gasteiger partial charge in [0, 0.05) is 28.5 Å². The van der Waals surface area contributed by atoms with Crippen molar-refractivity contribution >= 4 is 29.0 Å². The zero-order valence-electron chi connectivity index (χ0n) is 21.7. The van der Waals surface area contributed by atoms with Crippen LogP contribution in [-0.2, 0) is 16.1 Å². The Bertz CT molecular complexity index is 1080. The third-order valence-electron chi connectivity index (χ3n) is 8.69. The Morgan fingerprint density at radius 1 is 1.16 bits per heavy atom. The van der Waals surface area contributed by atoms with Gasteiger partial charge in [0.1, 0.15) is 11.9 Å². The number of carbonyl (C=O) groups is 2. The maximum atomic E-state index is 12.9. The second kappa shape index (κ2) is 11.4. The van der Waals surface area contributed by atoms with Crippen LogP contribution in [0.15, 0.2) is 41.8 Å². The molecule has 1 aromatic carbocycles. The molecular weight excluding hydrogens is 492 g/mol. The number of rotatable bonds is 8. The topological polar surface area (TPSA) is 117 Å². The van der Waals surface area contributed by atoms with E-state index in [9.17, 15) is 19.8 Å². The van der Waals surface area contributed by atoms with Crippen molar-refractivity contribution in [2.45, 2.75) is 64.7 Å². The molecule has 37 heavy (non-hydrogen) atoms. The number of methoxy groups -OCH3 is 1. The predicted octanol–water partition coefficient (Wildman–Crippen LogP) is 4.57. The molecule has 2 aliphatic rings. The smallest absolute Gasteiger partial charge is 0.411 e. The van der Waals surface area contributed by atoms with Crippen molar-refractivity contribution in [3.63, 3.8) is 0 Å². The molecular formula is C28H38N2O6S. The van der Waals surface area contributed by atoms with Gasteiger partial charge < -0.3 is 25.0 Å². The lowest BCUT2D eigenvalue weighted by atomic mass is 9.46. The number of aliphatic hydroxyl groups is 2. The predicted molar refractivity (Wildman–Crippen MR) is 142 cm³/mol. The summed E-state index contributed by atoms with van der Waals surface area (Å²) in [6, 6.07) is 11.0. The molecule has 1 heterocycles. The van der Waals surface area contributed by atoms with E-state index in [2.05, 4.69) is 17.6 Å². The first-order chi connectivity index (χ1) is 17.7. The van der Waals surface area contributed by atoms with Gasteiger partial charge in [0.05, 0.1) is 26.4 Å². The molecule has 0 aliphatic heterocycles. The summed E-state index contributed by atoms with van der Waals surface area (Å²) in [6.07, 6.45) is 1.01. The molecule has 2 fully saturated rings. The second-order valence-electron chi connectivity index (χ2n) is 10.8. The highest BCUT2D eigenvalue weighted by Gasteiger charge is 2.60. The maximum Gasteiger partial charge on any atom is 0.411 e. The number of amides is 2. The molecule has 9 heteroatoms. The number of benzene rings is 1. The minimum atomic E-state index is -0.704. The van der Waals surface area contributed by atoms with Crippen LogP contribution in [0.2, 0.25) is 0 Å². The van der Waals surface area contributed by atoms with Gasteiger partial charge in [-0.1, -0.05) is 26.0 Å². The highest BCUT2D eigenvalue weighted by Crippen LogP contribution is 2.61. The molecule has 1 aromatic heterocycles. The number of thiophene rings is 1. The van der Waals surface area contributed by atoms with E-state index in [4.69, 9.17) is 9.47 Å². The van der Waals surface area contributed by atoms with Gasteiger partial charge in [-0.25, -0.2) is 4.79 Å². The van der Waals surface area contributed by atoms with Crippen molar-refractivity contribution in [1.29, 1.82) is 0 Å². The summed E-state index contributed by atoms with van der Waals surface area (Å²) >= 11 is 1.59. The van der Waals surface area contributed by atoms with Gasteiger partial charge in [-0.3, -0.25) is 10.1 Å². The van der Waals surface area contributed by atoms with Crippen LogP contribution in [-0.4, -0.2) is 48.1 Å². The van der Waals surface area contributed by atoms with Crippen molar-refractivity contribution in [3.8, 4) is 5.75 Å². The molecule has 0 spiro atoms. The Kier molecular flexibility index (Phi) is 8.46. The van der Waals surface area contributed by atoms with E-state index in [-0.39, 0.29) is 36.2 Å². The highest BCUT2D eigenvalue weighted by atomic mass is 32.1. The average Bonchev–Trinajstić information content (AvgIpc) is 3.41. The minimum Gasteiger partial charge on any atom is -0.497 e. The molecule has 2 aromatic rings. The Morgan fingerprint density at radius 3 is 2.68 bits per heavy atom. The van der Waals surface area contributed by atoms with Crippen molar-refractivity contribution in [2.24, 2.45) is 22.7 Å². The number of hydrogen-bond acceptors (Lipinski definition) is 7. The third-order valence-corrected chi connectivity index (χ3v) is 9.56. The van der Waals surface area contributed by atoms with E-state index in [1.165, 1.54) is 0 Å². The fourth-order valence-electron chi connectivity index (χ4n) is 6.63. The van der Waals surface area contributed by atoms with Gasteiger partial charge in [-0.15, -0.1) is 11.3 Å². The van der Waals surface area contributed by atoms with E-state index in [0.717, 1.165) is 4.88 Å². The largest absolute Gasteiger partial charge is 0.497 e. The first-order valence-electron chi connectivity index (χ1n) is 12.9.